The molecule has 2 heteroatoms. The van der Waals surface area contributed by atoms with E-state index in [1.54, 1.807) is 0 Å². The van der Waals surface area contributed by atoms with Crippen LogP contribution >= 0.6 is 11.6 Å². The molecule has 0 amide bonds. The van der Waals surface area contributed by atoms with Crippen LogP contribution in [0.25, 0.3) is 22.3 Å². The van der Waals surface area contributed by atoms with Crippen molar-refractivity contribution in [3.05, 3.63) is 138 Å². The molecule has 0 radical (unpaired) electrons. The lowest BCUT2D eigenvalue weighted by atomic mass is 9.87. The smallest absolute Gasteiger partial charge is 0.0555 e. The second kappa shape index (κ2) is 10.0. The molecule has 36 heavy (non-hydrogen) atoms. The van der Waals surface area contributed by atoms with Gasteiger partial charge in [0, 0.05) is 21.8 Å². The van der Waals surface area contributed by atoms with E-state index < -0.39 is 0 Å². The van der Waals surface area contributed by atoms with Crippen molar-refractivity contribution in [3.63, 3.8) is 0 Å². The Kier molecular flexibility index (Phi) is 6.67. The number of halogens is 1. The number of hydrogen-bond donors (Lipinski definition) is 0. The van der Waals surface area contributed by atoms with E-state index in [9.17, 15) is 0 Å². The molecule has 0 aliphatic carbocycles. The van der Waals surface area contributed by atoms with E-state index in [-0.39, 0.29) is 5.41 Å². The van der Waals surface area contributed by atoms with Gasteiger partial charge in [-0.15, -0.1) is 0 Å². The average Bonchev–Trinajstić information content (AvgIpc) is 2.90. The molecular formula is C34H30ClN. The fraction of sp³-hybridized carbons (Fsp3) is 0.118. The van der Waals surface area contributed by atoms with Crippen LogP contribution in [0.1, 0.15) is 26.3 Å². The van der Waals surface area contributed by atoms with Gasteiger partial charge in [-0.05, 0) is 52.4 Å². The second-order valence-electron chi connectivity index (χ2n) is 10.0. The third kappa shape index (κ3) is 4.94. The first-order valence-electron chi connectivity index (χ1n) is 12.3. The number of benzene rings is 5. The summed E-state index contributed by atoms with van der Waals surface area (Å²) >= 11 is 6.64. The molecule has 0 bridgehead atoms. The lowest BCUT2D eigenvalue weighted by Crippen LogP contribution is -2.14. The Morgan fingerprint density at radius 2 is 1.06 bits per heavy atom. The molecule has 0 atom stereocenters. The monoisotopic (exact) mass is 487 g/mol. The zero-order chi connectivity index (χ0) is 25.1. The lowest BCUT2D eigenvalue weighted by Gasteiger charge is -2.30. The van der Waals surface area contributed by atoms with Crippen LogP contribution in [0.2, 0.25) is 5.02 Å². The quantitative estimate of drug-likeness (QED) is 0.238. The number of para-hydroxylation sites is 1. The molecule has 5 aromatic carbocycles. The van der Waals surface area contributed by atoms with E-state index in [0.717, 1.165) is 33.8 Å². The summed E-state index contributed by atoms with van der Waals surface area (Å²) in [5.74, 6) is 0. The van der Waals surface area contributed by atoms with Crippen molar-refractivity contribution in [1.29, 1.82) is 0 Å². The molecule has 5 rings (SSSR count). The van der Waals surface area contributed by atoms with Crippen LogP contribution < -0.4 is 4.90 Å². The molecule has 0 unspecified atom stereocenters. The highest BCUT2D eigenvalue weighted by molar-refractivity contribution is 6.31. The largest absolute Gasteiger partial charge is 0.309 e. The maximum absolute atomic E-state index is 6.64. The lowest BCUT2D eigenvalue weighted by molar-refractivity contribution is 0.590. The van der Waals surface area contributed by atoms with Crippen LogP contribution in [-0.2, 0) is 5.41 Å². The van der Waals surface area contributed by atoms with Crippen LogP contribution in [0.4, 0.5) is 17.1 Å². The van der Waals surface area contributed by atoms with Crippen LogP contribution in [0.15, 0.2) is 127 Å². The number of rotatable bonds is 5. The van der Waals surface area contributed by atoms with E-state index in [2.05, 4.69) is 141 Å². The number of nitrogens with zero attached hydrogens (tertiary/aromatic N) is 1. The first kappa shape index (κ1) is 23.9. The van der Waals surface area contributed by atoms with Crippen LogP contribution in [0, 0.1) is 0 Å². The van der Waals surface area contributed by atoms with E-state index >= 15 is 0 Å². The van der Waals surface area contributed by atoms with Gasteiger partial charge in [0.1, 0.15) is 0 Å². The predicted octanol–water partition coefficient (Wildman–Crippen LogP) is 10.4. The van der Waals surface area contributed by atoms with Gasteiger partial charge in [0.15, 0.2) is 0 Å². The number of anilines is 3. The topological polar surface area (TPSA) is 3.24 Å². The van der Waals surface area contributed by atoms with Gasteiger partial charge in [-0.3, -0.25) is 0 Å². The zero-order valence-electron chi connectivity index (χ0n) is 20.9. The highest BCUT2D eigenvalue weighted by atomic mass is 35.5. The minimum atomic E-state index is 0.0799. The van der Waals surface area contributed by atoms with Gasteiger partial charge >= 0.3 is 0 Å². The normalized spacial score (nSPS) is 11.3. The predicted molar refractivity (Wildman–Crippen MR) is 156 cm³/mol. The third-order valence-corrected chi connectivity index (χ3v) is 6.74. The van der Waals surface area contributed by atoms with Crippen LogP contribution in [0.5, 0.6) is 0 Å². The summed E-state index contributed by atoms with van der Waals surface area (Å²) in [5, 5.41) is 0.707. The summed E-state index contributed by atoms with van der Waals surface area (Å²) in [5.41, 5.74) is 9.23. The maximum Gasteiger partial charge on any atom is 0.0555 e. The molecule has 0 saturated carbocycles. The molecular weight excluding hydrogens is 458 g/mol. The van der Waals surface area contributed by atoms with Crippen LogP contribution in [0.3, 0.4) is 0 Å². The molecule has 0 aliphatic heterocycles. The average molecular weight is 488 g/mol. The SMILES string of the molecule is CC(C)(C)c1ccc(N(c2ccccc2-c2ccccc2)c2cc(Cl)ccc2-c2ccccc2)cc1. The Bertz CT molecular complexity index is 1450. The number of hydrogen-bond acceptors (Lipinski definition) is 1. The molecule has 178 valence electrons. The third-order valence-electron chi connectivity index (χ3n) is 6.51. The molecule has 0 N–H and O–H groups in total. The Morgan fingerprint density at radius 1 is 0.528 bits per heavy atom. The first-order valence-corrected chi connectivity index (χ1v) is 12.7. The van der Waals surface area contributed by atoms with Gasteiger partial charge in [0.05, 0.1) is 11.4 Å². The molecule has 0 spiro atoms. The summed E-state index contributed by atoms with van der Waals surface area (Å²) in [6, 6.07) is 44.7. The maximum atomic E-state index is 6.64. The zero-order valence-corrected chi connectivity index (χ0v) is 21.7. The van der Waals surface area contributed by atoms with Crippen molar-refractivity contribution < 1.29 is 0 Å². The van der Waals surface area contributed by atoms with Crippen molar-refractivity contribution in [2.75, 3.05) is 4.90 Å². The standard InChI is InChI=1S/C34H30ClN/c1-34(2,3)27-18-21-29(22-19-27)36(32-17-11-10-16-30(32)25-12-6-4-7-13-25)33-24-28(35)20-23-31(33)26-14-8-5-9-15-26/h4-24H,1-3H3. The molecule has 5 aromatic rings. The minimum absolute atomic E-state index is 0.0799. The van der Waals surface area contributed by atoms with Gasteiger partial charge in [-0.25, -0.2) is 0 Å². The fourth-order valence-electron chi connectivity index (χ4n) is 4.60. The van der Waals surface area contributed by atoms with E-state index in [1.807, 2.05) is 12.1 Å². The second-order valence-corrected chi connectivity index (χ2v) is 10.5. The van der Waals surface area contributed by atoms with Crippen molar-refractivity contribution in [2.24, 2.45) is 0 Å². The summed E-state index contributed by atoms with van der Waals surface area (Å²) < 4.78 is 0. The fourth-order valence-corrected chi connectivity index (χ4v) is 4.77. The minimum Gasteiger partial charge on any atom is -0.309 e. The molecule has 0 heterocycles. The Hall–Kier alpha value is -3.81. The molecule has 0 aliphatic rings. The van der Waals surface area contributed by atoms with Crippen molar-refractivity contribution in [2.45, 2.75) is 26.2 Å². The molecule has 0 saturated heterocycles. The summed E-state index contributed by atoms with van der Waals surface area (Å²) in [4.78, 5) is 2.34. The van der Waals surface area contributed by atoms with Gasteiger partial charge in [0.2, 0.25) is 0 Å². The van der Waals surface area contributed by atoms with Gasteiger partial charge in [-0.2, -0.15) is 0 Å². The highest BCUT2D eigenvalue weighted by Gasteiger charge is 2.21. The molecule has 0 fully saturated rings. The summed E-state index contributed by atoms with van der Waals surface area (Å²) in [6.07, 6.45) is 0. The molecule has 0 aromatic heterocycles. The van der Waals surface area contributed by atoms with E-state index in [1.165, 1.54) is 11.1 Å². The van der Waals surface area contributed by atoms with Crippen LogP contribution in [-0.4, -0.2) is 0 Å². The van der Waals surface area contributed by atoms with Crippen molar-refractivity contribution in [3.8, 4) is 22.3 Å². The molecule has 1 nitrogen and oxygen atoms in total. The summed E-state index contributed by atoms with van der Waals surface area (Å²) in [6.45, 7) is 6.73. The Morgan fingerprint density at radius 3 is 1.64 bits per heavy atom. The van der Waals surface area contributed by atoms with Gasteiger partial charge < -0.3 is 4.90 Å². The summed E-state index contributed by atoms with van der Waals surface area (Å²) in [7, 11) is 0. The Balaban J connectivity index is 1.78. The van der Waals surface area contributed by atoms with Crippen molar-refractivity contribution >= 4 is 28.7 Å². The van der Waals surface area contributed by atoms with E-state index in [4.69, 9.17) is 11.6 Å². The van der Waals surface area contributed by atoms with Gasteiger partial charge in [0.25, 0.3) is 0 Å². The Labute approximate surface area is 219 Å². The van der Waals surface area contributed by atoms with E-state index in [0.29, 0.717) is 5.02 Å². The first-order chi connectivity index (χ1) is 17.4. The van der Waals surface area contributed by atoms with Gasteiger partial charge in [-0.1, -0.05) is 129 Å². The highest BCUT2D eigenvalue weighted by Crippen LogP contribution is 2.45. The van der Waals surface area contributed by atoms with Crippen molar-refractivity contribution in [1.82, 2.24) is 0 Å².